The molecule has 0 atom stereocenters. The Kier molecular flexibility index (Phi) is 3.27. The normalized spacial score (nSPS) is 10.1. The van der Waals surface area contributed by atoms with Crippen LogP contribution in [0.1, 0.15) is 5.69 Å². The van der Waals surface area contributed by atoms with Crippen LogP contribution in [0.5, 0.6) is 0 Å². The Morgan fingerprint density at radius 1 is 1.14 bits per heavy atom. The smallest absolute Gasteiger partial charge is 0.158 e. The summed E-state index contributed by atoms with van der Waals surface area (Å²) < 4.78 is 15.1. The Morgan fingerprint density at radius 2 is 2.00 bits per heavy atom. The summed E-state index contributed by atoms with van der Waals surface area (Å²) >= 11 is 0. The highest BCUT2D eigenvalue weighted by molar-refractivity contribution is 5.54. The molecule has 6 nitrogen and oxygen atoms in total. The maximum atomic E-state index is 13.7. The quantitative estimate of drug-likeness (QED) is 0.797. The van der Waals surface area contributed by atoms with E-state index < -0.39 is 0 Å². The molecule has 1 aromatic carbocycles. The number of halogens is 1. The predicted octanol–water partition coefficient (Wildman–Crippen LogP) is 2.42. The van der Waals surface area contributed by atoms with Crippen LogP contribution in [0.4, 0.5) is 15.9 Å². The molecule has 0 saturated heterocycles. The summed E-state index contributed by atoms with van der Waals surface area (Å²) in [5, 5.41) is 15.7. The first-order chi connectivity index (χ1) is 10.3. The molecule has 2 aromatic heterocycles. The second kappa shape index (κ2) is 5.38. The molecule has 7 heteroatoms. The predicted molar refractivity (Wildman–Crippen MR) is 73.6 cm³/mol. The molecule has 0 saturated carbocycles. The third-order valence-electron chi connectivity index (χ3n) is 2.72. The molecular weight excluding hydrogens is 271 g/mol. The number of nitrogens with zero attached hydrogens (tertiary/aromatic N) is 5. The largest absolute Gasteiger partial charge is 0.336 e. The van der Waals surface area contributed by atoms with Gasteiger partial charge in [0.05, 0.1) is 30.5 Å². The zero-order valence-corrected chi connectivity index (χ0v) is 10.7. The number of aromatic nitrogens is 4. The summed E-state index contributed by atoms with van der Waals surface area (Å²) in [7, 11) is 0. The number of nitriles is 1. The van der Waals surface area contributed by atoms with Crippen molar-refractivity contribution in [1.29, 1.82) is 5.26 Å². The molecule has 0 amide bonds. The molecule has 0 bridgehead atoms. The van der Waals surface area contributed by atoms with E-state index in [9.17, 15) is 4.39 Å². The fourth-order valence-electron chi connectivity index (χ4n) is 1.75. The van der Waals surface area contributed by atoms with Crippen molar-refractivity contribution >= 4 is 11.5 Å². The van der Waals surface area contributed by atoms with Gasteiger partial charge in [0.1, 0.15) is 23.4 Å². The summed E-state index contributed by atoms with van der Waals surface area (Å²) in [5.74, 6) is 0.118. The van der Waals surface area contributed by atoms with Crippen LogP contribution in [0, 0.1) is 17.1 Å². The molecule has 0 spiro atoms. The molecule has 21 heavy (non-hydrogen) atoms. The van der Waals surface area contributed by atoms with Crippen LogP contribution in [0.2, 0.25) is 0 Å². The second-order valence-electron chi connectivity index (χ2n) is 4.15. The lowest BCUT2D eigenvalue weighted by Crippen LogP contribution is -1.97. The van der Waals surface area contributed by atoms with Crippen LogP contribution >= 0.6 is 0 Å². The Labute approximate surface area is 119 Å². The van der Waals surface area contributed by atoms with Gasteiger partial charge < -0.3 is 5.32 Å². The zero-order chi connectivity index (χ0) is 14.7. The van der Waals surface area contributed by atoms with E-state index in [-0.39, 0.29) is 11.5 Å². The molecule has 3 aromatic rings. The van der Waals surface area contributed by atoms with Crippen molar-refractivity contribution in [2.75, 3.05) is 5.32 Å². The van der Waals surface area contributed by atoms with Crippen molar-refractivity contribution in [3.05, 3.63) is 60.6 Å². The van der Waals surface area contributed by atoms with Gasteiger partial charge in [0, 0.05) is 0 Å². The molecule has 0 unspecified atom stereocenters. The Morgan fingerprint density at radius 3 is 2.71 bits per heavy atom. The van der Waals surface area contributed by atoms with Crippen LogP contribution in [0.15, 0.2) is 49.1 Å². The van der Waals surface area contributed by atoms with E-state index in [1.54, 1.807) is 30.6 Å². The van der Waals surface area contributed by atoms with Gasteiger partial charge in [-0.2, -0.15) is 10.4 Å². The van der Waals surface area contributed by atoms with Gasteiger partial charge in [0.2, 0.25) is 0 Å². The fraction of sp³-hybridized carbons (Fsp3) is 0. The molecule has 0 aliphatic rings. The monoisotopic (exact) mass is 280 g/mol. The maximum Gasteiger partial charge on any atom is 0.158 e. The third-order valence-corrected chi connectivity index (χ3v) is 2.72. The van der Waals surface area contributed by atoms with Gasteiger partial charge in [-0.05, 0) is 12.1 Å². The lowest BCUT2D eigenvalue weighted by molar-refractivity contribution is 0.611. The Bertz CT molecular complexity index is 803. The molecule has 1 N–H and O–H groups in total. The first kappa shape index (κ1) is 12.7. The lowest BCUT2D eigenvalue weighted by atomic mass is 10.3. The number of rotatable bonds is 3. The van der Waals surface area contributed by atoms with Crippen LogP contribution in [0.3, 0.4) is 0 Å². The van der Waals surface area contributed by atoms with E-state index in [1.165, 1.54) is 23.1 Å². The maximum absolute atomic E-state index is 13.7. The van der Waals surface area contributed by atoms with E-state index in [0.29, 0.717) is 17.2 Å². The van der Waals surface area contributed by atoms with Gasteiger partial charge in [0.25, 0.3) is 0 Å². The first-order valence-electron chi connectivity index (χ1n) is 6.05. The number of benzene rings is 1. The molecule has 0 radical (unpaired) electrons. The SMILES string of the molecule is N#Cc1cnc(Nc2cnn(-c3ccccc3F)c2)cn1. The Hall–Kier alpha value is -3.27. The third kappa shape index (κ3) is 2.69. The van der Waals surface area contributed by atoms with Gasteiger partial charge in [-0.15, -0.1) is 0 Å². The van der Waals surface area contributed by atoms with Gasteiger partial charge in [0.15, 0.2) is 5.69 Å². The second-order valence-corrected chi connectivity index (χ2v) is 4.15. The van der Waals surface area contributed by atoms with Crippen molar-refractivity contribution in [2.45, 2.75) is 0 Å². The Balaban J connectivity index is 1.82. The zero-order valence-electron chi connectivity index (χ0n) is 10.7. The van der Waals surface area contributed by atoms with Gasteiger partial charge in [-0.25, -0.2) is 19.0 Å². The minimum atomic E-state index is -0.356. The first-order valence-corrected chi connectivity index (χ1v) is 6.05. The molecule has 0 fully saturated rings. The molecule has 102 valence electrons. The highest BCUT2D eigenvalue weighted by atomic mass is 19.1. The van der Waals surface area contributed by atoms with E-state index in [4.69, 9.17) is 5.26 Å². The summed E-state index contributed by atoms with van der Waals surface area (Å²) in [6.07, 6.45) is 5.99. The molecule has 3 rings (SSSR count). The van der Waals surface area contributed by atoms with Crippen molar-refractivity contribution in [3.8, 4) is 11.8 Å². The summed E-state index contributed by atoms with van der Waals surface area (Å²) in [5.41, 5.74) is 1.23. The van der Waals surface area contributed by atoms with Crippen LogP contribution in [-0.2, 0) is 0 Å². The average molecular weight is 280 g/mol. The molecular formula is C14H9FN6. The van der Waals surface area contributed by atoms with Crippen LogP contribution in [0.25, 0.3) is 5.69 Å². The van der Waals surface area contributed by atoms with Crippen molar-refractivity contribution in [1.82, 2.24) is 19.7 Å². The minimum absolute atomic E-state index is 0.239. The number of anilines is 2. The number of hydrogen-bond donors (Lipinski definition) is 1. The summed E-state index contributed by atoms with van der Waals surface area (Å²) in [4.78, 5) is 7.94. The van der Waals surface area contributed by atoms with Gasteiger partial charge in [-0.3, -0.25) is 0 Å². The summed E-state index contributed by atoms with van der Waals surface area (Å²) in [6, 6.07) is 8.25. The fourth-order valence-corrected chi connectivity index (χ4v) is 1.75. The number of nitrogens with one attached hydrogen (secondary N) is 1. The summed E-state index contributed by atoms with van der Waals surface area (Å²) in [6.45, 7) is 0. The number of para-hydroxylation sites is 1. The van der Waals surface area contributed by atoms with Crippen molar-refractivity contribution in [2.24, 2.45) is 0 Å². The highest BCUT2D eigenvalue weighted by Crippen LogP contribution is 2.17. The molecule has 0 aliphatic carbocycles. The standard InChI is InChI=1S/C14H9FN6/c15-12-3-1-2-4-13(12)21-9-11(7-19-21)20-14-8-17-10(5-16)6-18-14/h1-4,6-9H,(H,18,20). The lowest BCUT2D eigenvalue weighted by Gasteiger charge is -2.02. The topological polar surface area (TPSA) is 79.4 Å². The minimum Gasteiger partial charge on any atom is -0.336 e. The number of hydrogen-bond acceptors (Lipinski definition) is 5. The van der Waals surface area contributed by atoms with Gasteiger partial charge >= 0.3 is 0 Å². The van der Waals surface area contributed by atoms with Crippen molar-refractivity contribution < 1.29 is 4.39 Å². The molecule has 2 heterocycles. The van der Waals surface area contributed by atoms with E-state index >= 15 is 0 Å². The average Bonchev–Trinajstić information content (AvgIpc) is 2.97. The van der Waals surface area contributed by atoms with Crippen LogP contribution < -0.4 is 5.32 Å². The van der Waals surface area contributed by atoms with Crippen LogP contribution in [-0.4, -0.2) is 19.7 Å². The van der Waals surface area contributed by atoms with Crippen molar-refractivity contribution in [3.63, 3.8) is 0 Å². The highest BCUT2D eigenvalue weighted by Gasteiger charge is 2.06. The van der Waals surface area contributed by atoms with E-state index in [0.717, 1.165) is 0 Å². The van der Waals surface area contributed by atoms with E-state index in [1.807, 2.05) is 6.07 Å². The van der Waals surface area contributed by atoms with Gasteiger partial charge in [-0.1, -0.05) is 12.1 Å². The van der Waals surface area contributed by atoms with E-state index in [2.05, 4.69) is 20.4 Å². The molecule has 0 aliphatic heterocycles.